The SMILES string of the molecule is NCC(c1ccccc1F)C(F)F. The summed E-state index contributed by atoms with van der Waals surface area (Å²) in [5.41, 5.74) is 5.11. The molecule has 1 rings (SSSR count). The van der Waals surface area contributed by atoms with Crippen molar-refractivity contribution in [3.63, 3.8) is 0 Å². The van der Waals surface area contributed by atoms with E-state index in [1.807, 2.05) is 0 Å². The van der Waals surface area contributed by atoms with Crippen molar-refractivity contribution in [2.24, 2.45) is 5.73 Å². The zero-order chi connectivity index (χ0) is 9.84. The molecule has 0 aliphatic rings. The van der Waals surface area contributed by atoms with Crippen LogP contribution >= 0.6 is 0 Å². The summed E-state index contributed by atoms with van der Waals surface area (Å²) < 4.78 is 37.6. The van der Waals surface area contributed by atoms with Crippen molar-refractivity contribution in [1.82, 2.24) is 0 Å². The van der Waals surface area contributed by atoms with Gasteiger partial charge in [0, 0.05) is 6.54 Å². The van der Waals surface area contributed by atoms with E-state index in [0.29, 0.717) is 0 Å². The Balaban J connectivity index is 2.97. The van der Waals surface area contributed by atoms with Crippen LogP contribution in [0.1, 0.15) is 11.5 Å². The highest BCUT2D eigenvalue weighted by atomic mass is 19.3. The third-order valence-electron chi connectivity index (χ3n) is 1.86. The Labute approximate surface area is 74.4 Å². The molecule has 1 aromatic rings. The second-order valence-electron chi connectivity index (χ2n) is 2.70. The average molecular weight is 189 g/mol. The second-order valence-corrected chi connectivity index (χ2v) is 2.70. The predicted molar refractivity (Wildman–Crippen MR) is 44.2 cm³/mol. The Kier molecular flexibility index (Phi) is 3.31. The van der Waals surface area contributed by atoms with Gasteiger partial charge in [0.1, 0.15) is 5.82 Å². The zero-order valence-corrected chi connectivity index (χ0v) is 6.88. The van der Waals surface area contributed by atoms with E-state index >= 15 is 0 Å². The fourth-order valence-corrected chi connectivity index (χ4v) is 1.14. The third-order valence-corrected chi connectivity index (χ3v) is 1.86. The van der Waals surface area contributed by atoms with Gasteiger partial charge in [0.05, 0.1) is 5.92 Å². The quantitative estimate of drug-likeness (QED) is 0.774. The molecule has 0 spiro atoms. The highest BCUT2D eigenvalue weighted by Gasteiger charge is 2.23. The van der Waals surface area contributed by atoms with Crippen molar-refractivity contribution >= 4 is 0 Å². The van der Waals surface area contributed by atoms with Gasteiger partial charge >= 0.3 is 0 Å². The number of hydrogen-bond donors (Lipinski definition) is 1. The Morgan fingerprint density at radius 2 is 1.85 bits per heavy atom. The van der Waals surface area contributed by atoms with Crippen LogP contribution in [0, 0.1) is 5.82 Å². The van der Waals surface area contributed by atoms with E-state index in [1.54, 1.807) is 0 Å². The van der Waals surface area contributed by atoms with Crippen LogP contribution in [0.5, 0.6) is 0 Å². The van der Waals surface area contributed by atoms with Crippen molar-refractivity contribution < 1.29 is 13.2 Å². The standard InChI is InChI=1S/C9H10F3N/c10-8-4-2-1-3-6(8)7(5-13)9(11)12/h1-4,7,9H,5,13H2. The summed E-state index contributed by atoms with van der Waals surface area (Å²) in [6.45, 7) is -0.251. The maximum Gasteiger partial charge on any atom is 0.246 e. The lowest BCUT2D eigenvalue weighted by Gasteiger charge is -2.14. The molecule has 0 aliphatic carbocycles. The second kappa shape index (κ2) is 4.28. The van der Waals surface area contributed by atoms with Crippen LogP contribution in [0.4, 0.5) is 13.2 Å². The number of benzene rings is 1. The highest BCUT2D eigenvalue weighted by Crippen LogP contribution is 2.24. The molecule has 0 radical (unpaired) electrons. The molecule has 1 aromatic carbocycles. The van der Waals surface area contributed by atoms with Gasteiger partial charge in [0.15, 0.2) is 0 Å². The minimum absolute atomic E-state index is 0.0139. The Morgan fingerprint density at radius 3 is 2.31 bits per heavy atom. The molecular weight excluding hydrogens is 179 g/mol. The van der Waals surface area contributed by atoms with Gasteiger partial charge in [-0.15, -0.1) is 0 Å². The van der Waals surface area contributed by atoms with Crippen LogP contribution in [0.25, 0.3) is 0 Å². The van der Waals surface area contributed by atoms with Crippen molar-refractivity contribution in [3.05, 3.63) is 35.6 Å². The maximum atomic E-state index is 13.0. The number of nitrogens with two attached hydrogens (primary N) is 1. The van der Waals surface area contributed by atoms with Gasteiger partial charge in [-0.2, -0.15) is 0 Å². The largest absolute Gasteiger partial charge is 0.330 e. The summed E-state index contributed by atoms with van der Waals surface area (Å²) >= 11 is 0. The highest BCUT2D eigenvalue weighted by molar-refractivity contribution is 5.22. The Morgan fingerprint density at radius 1 is 1.23 bits per heavy atom. The molecule has 0 saturated carbocycles. The lowest BCUT2D eigenvalue weighted by atomic mass is 9.99. The van der Waals surface area contributed by atoms with Gasteiger partial charge in [0.2, 0.25) is 6.43 Å². The summed E-state index contributed by atoms with van der Waals surface area (Å²) in [7, 11) is 0. The number of alkyl halides is 2. The molecule has 1 atom stereocenters. The summed E-state index contributed by atoms with van der Waals surface area (Å²) in [6, 6.07) is 5.46. The van der Waals surface area contributed by atoms with Crippen molar-refractivity contribution in [2.75, 3.05) is 6.54 Å². The lowest BCUT2D eigenvalue weighted by molar-refractivity contribution is 0.115. The van der Waals surface area contributed by atoms with Crippen LogP contribution in [0.15, 0.2) is 24.3 Å². The molecule has 72 valence electrons. The molecular formula is C9H10F3N. The minimum atomic E-state index is -2.62. The molecule has 1 unspecified atom stereocenters. The molecule has 0 amide bonds. The summed E-state index contributed by atoms with van der Waals surface area (Å²) in [6.07, 6.45) is -2.62. The molecule has 0 aromatic heterocycles. The first kappa shape index (κ1) is 10.1. The van der Waals surface area contributed by atoms with Crippen LogP contribution < -0.4 is 5.73 Å². The van der Waals surface area contributed by atoms with Gasteiger partial charge in [-0.1, -0.05) is 18.2 Å². The van der Waals surface area contributed by atoms with E-state index in [2.05, 4.69) is 0 Å². The van der Waals surface area contributed by atoms with Crippen LogP contribution in [0.2, 0.25) is 0 Å². The van der Waals surface area contributed by atoms with E-state index in [0.717, 1.165) is 6.07 Å². The topological polar surface area (TPSA) is 26.0 Å². The summed E-state index contributed by atoms with van der Waals surface area (Å²) in [5.74, 6) is -1.83. The van der Waals surface area contributed by atoms with Crippen molar-refractivity contribution in [3.8, 4) is 0 Å². The van der Waals surface area contributed by atoms with E-state index < -0.39 is 18.2 Å². The van der Waals surface area contributed by atoms with E-state index in [-0.39, 0.29) is 12.1 Å². The van der Waals surface area contributed by atoms with Gasteiger partial charge < -0.3 is 5.73 Å². The first-order chi connectivity index (χ1) is 6.16. The number of hydrogen-bond acceptors (Lipinski definition) is 1. The van der Waals surface area contributed by atoms with Crippen LogP contribution in [-0.2, 0) is 0 Å². The van der Waals surface area contributed by atoms with Gasteiger partial charge in [0.25, 0.3) is 0 Å². The Hall–Kier alpha value is -1.03. The normalized spacial score (nSPS) is 13.3. The van der Waals surface area contributed by atoms with Gasteiger partial charge in [-0.3, -0.25) is 0 Å². The van der Waals surface area contributed by atoms with Crippen LogP contribution in [-0.4, -0.2) is 13.0 Å². The molecule has 0 bridgehead atoms. The van der Waals surface area contributed by atoms with Crippen molar-refractivity contribution in [1.29, 1.82) is 0 Å². The molecule has 1 nitrogen and oxygen atoms in total. The smallest absolute Gasteiger partial charge is 0.246 e. The fourth-order valence-electron chi connectivity index (χ4n) is 1.14. The van der Waals surface area contributed by atoms with Gasteiger partial charge in [-0.25, -0.2) is 13.2 Å². The summed E-state index contributed by atoms with van der Waals surface area (Å²) in [5, 5.41) is 0. The molecule has 0 saturated heterocycles. The molecule has 0 heterocycles. The Bertz CT molecular complexity index is 275. The van der Waals surface area contributed by atoms with E-state index in [1.165, 1.54) is 18.2 Å². The third kappa shape index (κ3) is 2.21. The molecule has 0 aliphatic heterocycles. The lowest BCUT2D eigenvalue weighted by Crippen LogP contribution is -2.20. The fraction of sp³-hybridized carbons (Fsp3) is 0.333. The monoisotopic (exact) mass is 189 g/mol. The van der Waals surface area contributed by atoms with E-state index in [9.17, 15) is 13.2 Å². The number of halogens is 3. The minimum Gasteiger partial charge on any atom is -0.330 e. The van der Waals surface area contributed by atoms with Crippen LogP contribution in [0.3, 0.4) is 0 Å². The molecule has 13 heavy (non-hydrogen) atoms. The maximum absolute atomic E-state index is 13.0. The zero-order valence-electron chi connectivity index (χ0n) is 6.88. The number of rotatable bonds is 3. The van der Waals surface area contributed by atoms with E-state index in [4.69, 9.17) is 5.73 Å². The molecule has 0 fully saturated rings. The average Bonchev–Trinajstić information content (AvgIpc) is 2.09. The summed E-state index contributed by atoms with van der Waals surface area (Å²) in [4.78, 5) is 0. The van der Waals surface area contributed by atoms with Gasteiger partial charge in [-0.05, 0) is 11.6 Å². The van der Waals surface area contributed by atoms with Crippen molar-refractivity contribution in [2.45, 2.75) is 12.3 Å². The molecule has 2 N–H and O–H groups in total. The predicted octanol–water partition coefficient (Wildman–Crippen LogP) is 2.13. The first-order valence-electron chi connectivity index (χ1n) is 3.89. The molecule has 4 heteroatoms. The first-order valence-corrected chi connectivity index (χ1v) is 3.89.